The van der Waals surface area contributed by atoms with E-state index in [0.717, 1.165) is 27.0 Å². The first kappa shape index (κ1) is 13.4. The van der Waals surface area contributed by atoms with Gasteiger partial charge in [0.25, 0.3) is 0 Å². The second-order valence-electron chi connectivity index (χ2n) is 4.08. The number of rotatable bonds is 2. The Morgan fingerprint density at radius 3 is 2.74 bits per heavy atom. The van der Waals surface area contributed by atoms with Crippen LogP contribution in [-0.4, -0.2) is 9.55 Å². The van der Waals surface area contributed by atoms with Gasteiger partial charge < -0.3 is 0 Å². The predicted octanol–water partition coefficient (Wildman–Crippen LogP) is 5.13. The average molecular weight is 448 g/mol. The molecule has 0 saturated heterocycles. The Hall–Kier alpha value is -0.590. The van der Waals surface area contributed by atoms with E-state index in [1.54, 1.807) is 0 Å². The van der Waals surface area contributed by atoms with Crippen molar-refractivity contribution < 1.29 is 0 Å². The number of alkyl halides is 1. The first-order valence-electron chi connectivity index (χ1n) is 5.68. The Morgan fingerprint density at radius 1 is 1.21 bits per heavy atom. The van der Waals surface area contributed by atoms with Crippen molar-refractivity contribution in [3.05, 3.63) is 56.3 Å². The van der Waals surface area contributed by atoms with Crippen LogP contribution in [0.2, 0.25) is 0 Å². The third-order valence-electron chi connectivity index (χ3n) is 2.90. The third kappa shape index (κ3) is 2.41. The Balaban J connectivity index is 2.36. The minimum atomic E-state index is 0.386. The number of nitrogens with zero attached hydrogens (tertiary/aromatic N) is 2. The van der Waals surface area contributed by atoms with Gasteiger partial charge in [0.05, 0.1) is 22.6 Å². The summed E-state index contributed by atoms with van der Waals surface area (Å²) in [6.45, 7) is 0. The summed E-state index contributed by atoms with van der Waals surface area (Å²) in [5, 5.41) is 0. The Kier molecular flexibility index (Phi) is 3.82. The smallest absolute Gasteiger partial charge is 0.129 e. The topological polar surface area (TPSA) is 17.8 Å². The van der Waals surface area contributed by atoms with Crippen molar-refractivity contribution in [1.82, 2.24) is 9.55 Å². The highest BCUT2D eigenvalue weighted by atomic mass is 127. The molecule has 1 heterocycles. The Labute approximate surface area is 138 Å². The molecular formula is C14H9BrClIN2. The number of aromatic nitrogens is 2. The molecule has 2 nitrogen and oxygen atoms in total. The zero-order valence-electron chi connectivity index (χ0n) is 9.78. The van der Waals surface area contributed by atoms with E-state index in [4.69, 9.17) is 11.6 Å². The maximum absolute atomic E-state index is 6.05. The molecule has 0 aliphatic heterocycles. The zero-order valence-corrected chi connectivity index (χ0v) is 14.3. The molecule has 0 unspecified atom stereocenters. The van der Waals surface area contributed by atoms with Crippen LogP contribution >= 0.6 is 50.1 Å². The van der Waals surface area contributed by atoms with E-state index in [2.05, 4.69) is 66.3 Å². The quantitative estimate of drug-likeness (QED) is 0.393. The molecule has 0 aliphatic carbocycles. The van der Waals surface area contributed by atoms with E-state index in [1.165, 1.54) is 3.57 Å². The van der Waals surface area contributed by atoms with E-state index in [0.29, 0.717) is 5.88 Å². The fourth-order valence-electron chi connectivity index (χ4n) is 2.09. The van der Waals surface area contributed by atoms with Crippen LogP contribution in [0.25, 0.3) is 16.7 Å². The zero-order chi connectivity index (χ0) is 13.4. The van der Waals surface area contributed by atoms with Gasteiger partial charge in [-0.3, -0.25) is 4.57 Å². The summed E-state index contributed by atoms with van der Waals surface area (Å²) in [5.41, 5.74) is 3.14. The minimum absolute atomic E-state index is 0.386. The molecule has 0 spiro atoms. The summed E-state index contributed by atoms with van der Waals surface area (Å²) in [5.74, 6) is 1.25. The molecule has 0 N–H and O–H groups in total. The van der Waals surface area contributed by atoms with Gasteiger partial charge in [0, 0.05) is 8.04 Å². The van der Waals surface area contributed by atoms with Crippen molar-refractivity contribution in [1.29, 1.82) is 0 Å². The first-order chi connectivity index (χ1) is 9.20. The summed E-state index contributed by atoms with van der Waals surface area (Å²) in [6.07, 6.45) is 0. The average Bonchev–Trinajstić information content (AvgIpc) is 2.76. The van der Waals surface area contributed by atoms with Crippen LogP contribution in [0.15, 0.2) is 46.9 Å². The van der Waals surface area contributed by atoms with E-state index in [9.17, 15) is 0 Å². The molecule has 0 aliphatic rings. The van der Waals surface area contributed by atoms with Gasteiger partial charge in [-0.15, -0.1) is 11.6 Å². The standard InChI is InChI=1S/C14H9BrClIN2/c15-9-5-6-13-11(7-9)18-14(8-16)19(13)12-4-2-1-3-10(12)17/h1-7H,8H2. The highest BCUT2D eigenvalue weighted by Crippen LogP contribution is 2.27. The largest absolute Gasteiger partial charge is 0.294 e. The van der Waals surface area contributed by atoms with Crippen LogP contribution in [-0.2, 0) is 5.88 Å². The molecule has 0 amide bonds. The van der Waals surface area contributed by atoms with Gasteiger partial charge in [-0.2, -0.15) is 0 Å². The second-order valence-corrected chi connectivity index (χ2v) is 6.43. The molecule has 0 fully saturated rings. The molecule has 2 aromatic carbocycles. The van der Waals surface area contributed by atoms with Crippen molar-refractivity contribution in [2.75, 3.05) is 0 Å². The van der Waals surface area contributed by atoms with Gasteiger partial charge in [-0.1, -0.05) is 28.1 Å². The number of hydrogen-bond donors (Lipinski definition) is 0. The van der Waals surface area contributed by atoms with Crippen LogP contribution in [0.3, 0.4) is 0 Å². The Morgan fingerprint density at radius 2 is 2.00 bits per heavy atom. The molecule has 19 heavy (non-hydrogen) atoms. The first-order valence-corrected chi connectivity index (χ1v) is 8.09. The number of benzene rings is 2. The second kappa shape index (κ2) is 5.42. The van der Waals surface area contributed by atoms with Crippen LogP contribution in [0, 0.1) is 3.57 Å². The van der Waals surface area contributed by atoms with E-state index >= 15 is 0 Å². The van der Waals surface area contributed by atoms with E-state index in [1.807, 2.05) is 24.3 Å². The highest BCUT2D eigenvalue weighted by molar-refractivity contribution is 14.1. The van der Waals surface area contributed by atoms with Crippen LogP contribution in [0.4, 0.5) is 0 Å². The molecule has 0 atom stereocenters. The van der Waals surface area contributed by atoms with Gasteiger partial charge in [0.1, 0.15) is 5.82 Å². The lowest BCUT2D eigenvalue weighted by Gasteiger charge is -2.09. The fraction of sp³-hybridized carbons (Fsp3) is 0.0714. The third-order valence-corrected chi connectivity index (χ3v) is 4.54. The van der Waals surface area contributed by atoms with Crippen molar-refractivity contribution >= 4 is 61.2 Å². The molecule has 0 saturated carbocycles. The van der Waals surface area contributed by atoms with E-state index < -0.39 is 0 Å². The molecule has 96 valence electrons. The molecule has 0 radical (unpaired) electrons. The van der Waals surface area contributed by atoms with Crippen LogP contribution < -0.4 is 0 Å². The van der Waals surface area contributed by atoms with Crippen molar-refractivity contribution in [3.63, 3.8) is 0 Å². The van der Waals surface area contributed by atoms with Crippen LogP contribution in [0.5, 0.6) is 0 Å². The molecule has 3 rings (SSSR count). The molecule has 1 aromatic heterocycles. The Bertz CT molecular complexity index is 754. The lowest BCUT2D eigenvalue weighted by atomic mass is 10.3. The monoisotopic (exact) mass is 446 g/mol. The van der Waals surface area contributed by atoms with Gasteiger partial charge in [0.15, 0.2) is 0 Å². The number of imidazole rings is 1. The SMILES string of the molecule is ClCc1nc2cc(Br)ccc2n1-c1ccccc1I. The fourth-order valence-corrected chi connectivity index (χ4v) is 3.25. The summed E-state index contributed by atoms with van der Waals surface area (Å²) < 4.78 is 4.32. The number of fused-ring (bicyclic) bond motifs is 1. The number of para-hydroxylation sites is 1. The highest BCUT2D eigenvalue weighted by Gasteiger charge is 2.13. The summed E-state index contributed by atoms with van der Waals surface area (Å²) >= 11 is 11.9. The lowest BCUT2D eigenvalue weighted by molar-refractivity contribution is 0.977. The summed E-state index contributed by atoms with van der Waals surface area (Å²) in [4.78, 5) is 4.61. The molecule has 0 bridgehead atoms. The predicted molar refractivity (Wildman–Crippen MR) is 91.0 cm³/mol. The van der Waals surface area contributed by atoms with Gasteiger partial charge in [-0.05, 0) is 52.9 Å². The molecule has 3 aromatic rings. The summed E-state index contributed by atoms with van der Waals surface area (Å²) in [7, 11) is 0. The van der Waals surface area contributed by atoms with Gasteiger partial charge >= 0.3 is 0 Å². The van der Waals surface area contributed by atoms with Gasteiger partial charge in [-0.25, -0.2) is 4.98 Å². The number of hydrogen-bond acceptors (Lipinski definition) is 1. The summed E-state index contributed by atoms with van der Waals surface area (Å²) in [6, 6.07) is 14.3. The maximum atomic E-state index is 6.05. The van der Waals surface area contributed by atoms with Crippen molar-refractivity contribution in [2.45, 2.75) is 5.88 Å². The maximum Gasteiger partial charge on any atom is 0.129 e. The van der Waals surface area contributed by atoms with Gasteiger partial charge in [0.2, 0.25) is 0 Å². The normalized spacial score (nSPS) is 11.1. The van der Waals surface area contributed by atoms with Crippen molar-refractivity contribution in [2.24, 2.45) is 0 Å². The number of halogens is 3. The van der Waals surface area contributed by atoms with E-state index in [-0.39, 0.29) is 0 Å². The van der Waals surface area contributed by atoms with Crippen LogP contribution in [0.1, 0.15) is 5.82 Å². The van der Waals surface area contributed by atoms with Crippen molar-refractivity contribution in [3.8, 4) is 5.69 Å². The molecular weight excluding hydrogens is 438 g/mol. The lowest BCUT2D eigenvalue weighted by Crippen LogP contribution is -2.01. The molecule has 5 heteroatoms. The minimum Gasteiger partial charge on any atom is -0.294 e.